The van der Waals surface area contributed by atoms with Gasteiger partial charge in [-0.1, -0.05) is 0 Å². The van der Waals surface area contributed by atoms with Crippen LogP contribution in [0.3, 0.4) is 0 Å². The molecule has 4 nitrogen and oxygen atoms in total. The number of hydrogen-bond acceptors (Lipinski definition) is 4. The summed E-state index contributed by atoms with van der Waals surface area (Å²) in [7, 11) is 1.84. The van der Waals surface area contributed by atoms with Crippen molar-refractivity contribution in [3.05, 3.63) is 17.8 Å². The number of aryl methyl sites for hydroxylation is 1. The van der Waals surface area contributed by atoms with E-state index in [1.807, 2.05) is 13.2 Å². The molecule has 4 heteroatoms. The molecule has 2 rings (SSSR count). The second kappa shape index (κ2) is 3.62. The third-order valence-corrected chi connectivity index (χ3v) is 2.15. The molecule has 0 atom stereocenters. The van der Waals surface area contributed by atoms with Crippen molar-refractivity contribution < 1.29 is 0 Å². The van der Waals surface area contributed by atoms with Crippen molar-refractivity contribution in [2.75, 3.05) is 24.3 Å². The van der Waals surface area contributed by atoms with Crippen molar-refractivity contribution in [1.82, 2.24) is 10.4 Å². The summed E-state index contributed by atoms with van der Waals surface area (Å²) in [6, 6.07) is 2.13. The highest BCUT2D eigenvalue weighted by Crippen LogP contribution is 2.21. The van der Waals surface area contributed by atoms with Crippen LogP contribution in [0, 0.1) is 0 Å². The first-order valence-electron chi connectivity index (χ1n) is 4.55. The fourth-order valence-electron chi connectivity index (χ4n) is 1.56. The SMILES string of the molecule is CNNc1cnc2c(c1)CCCN2. The molecule has 0 radical (unpaired) electrons. The van der Waals surface area contributed by atoms with Gasteiger partial charge in [-0.3, -0.25) is 0 Å². The predicted molar refractivity (Wildman–Crippen MR) is 53.7 cm³/mol. The van der Waals surface area contributed by atoms with E-state index >= 15 is 0 Å². The van der Waals surface area contributed by atoms with E-state index in [2.05, 4.69) is 27.2 Å². The number of anilines is 2. The van der Waals surface area contributed by atoms with Gasteiger partial charge in [0.1, 0.15) is 5.82 Å². The van der Waals surface area contributed by atoms with Gasteiger partial charge in [0.2, 0.25) is 0 Å². The molecule has 2 heterocycles. The number of hydrogen-bond donors (Lipinski definition) is 3. The summed E-state index contributed by atoms with van der Waals surface area (Å²) in [5.74, 6) is 1.04. The maximum atomic E-state index is 4.32. The van der Waals surface area contributed by atoms with Crippen LogP contribution in [0.5, 0.6) is 0 Å². The van der Waals surface area contributed by atoms with E-state index in [1.165, 1.54) is 12.0 Å². The summed E-state index contributed by atoms with van der Waals surface area (Å²) >= 11 is 0. The van der Waals surface area contributed by atoms with Crippen LogP contribution in [0.1, 0.15) is 12.0 Å². The normalized spacial score (nSPS) is 14.5. The molecule has 1 aliphatic rings. The quantitative estimate of drug-likeness (QED) is 0.591. The van der Waals surface area contributed by atoms with Crippen LogP contribution in [0.25, 0.3) is 0 Å². The number of fused-ring (bicyclic) bond motifs is 1. The number of hydrazine groups is 1. The summed E-state index contributed by atoms with van der Waals surface area (Å²) in [4.78, 5) is 4.32. The zero-order valence-electron chi connectivity index (χ0n) is 7.72. The molecule has 1 aliphatic heterocycles. The second-order valence-corrected chi connectivity index (χ2v) is 3.14. The Bertz CT molecular complexity index is 298. The number of pyridine rings is 1. The summed E-state index contributed by atoms with van der Waals surface area (Å²) in [6.45, 7) is 1.04. The molecular formula is C9H14N4. The summed E-state index contributed by atoms with van der Waals surface area (Å²) in [5.41, 5.74) is 8.21. The average Bonchev–Trinajstić information content (AvgIpc) is 2.18. The standard InChI is InChI=1S/C9H14N4/c1-10-13-8-5-7-3-2-4-11-9(7)12-6-8/h5-6,10,13H,2-4H2,1H3,(H,11,12). The number of nitrogens with one attached hydrogen (secondary N) is 3. The first-order valence-corrected chi connectivity index (χ1v) is 4.55. The molecule has 0 amide bonds. The highest BCUT2D eigenvalue weighted by Gasteiger charge is 2.09. The van der Waals surface area contributed by atoms with Crippen LogP contribution >= 0.6 is 0 Å². The number of rotatable bonds is 2. The Balaban J connectivity index is 2.24. The smallest absolute Gasteiger partial charge is 0.129 e. The minimum atomic E-state index is 1.02. The Morgan fingerprint density at radius 2 is 2.46 bits per heavy atom. The van der Waals surface area contributed by atoms with Gasteiger partial charge in [0.15, 0.2) is 0 Å². The number of aromatic nitrogens is 1. The fraction of sp³-hybridized carbons (Fsp3) is 0.444. The Morgan fingerprint density at radius 1 is 1.54 bits per heavy atom. The molecule has 0 saturated heterocycles. The Hall–Kier alpha value is -1.29. The topological polar surface area (TPSA) is 49.0 Å². The largest absolute Gasteiger partial charge is 0.370 e. The van der Waals surface area contributed by atoms with E-state index in [0.717, 1.165) is 24.5 Å². The van der Waals surface area contributed by atoms with Crippen molar-refractivity contribution in [3.8, 4) is 0 Å². The fourth-order valence-corrected chi connectivity index (χ4v) is 1.56. The molecule has 70 valence electrons. The Kier molecular flexibility index (Phi) is 2.31. The summed E-state index contributed by atoms with van der Waals surface area (Å²) in [6.07, 6.45) is 4.14. The molecule has 0 saturated carbocycles. The van der Waals surface area contributed by atoms with Crippen molar-refractivity contribution in [3.63, 3.8) is 0 Å². The lowest BCUT2D eigenvalue weighted by Crippen LogP contribution is -2.17. The maximum Gasteiger partial charge on any atom is 0.129 e. The molecule has 0 fully saturated rings. The monoisotopic (exact) mass is 178 g/mol. The van der Waals surface area contributed by atoms with Crippen LogP contribution in [0.15, 0.2) is 12.3 Å². The van der Waals surface area contributed by atoms with E-state index in [4.69, 9.17) is 0 Å². The third kappa shape index (κ3) is 1.72. The van der Waals surface area contributed by atoms with Gasteiger partial charge in [0.25, 0.3) is 0 Å². The first-order chi connectivity index (χ1) is 6.40. The molecule has 0 spiro atoms. The van der Waals surface area contributed by atoms with Gasteiger partial charge in [-0.15, -0.1) is 0 Å². The van der Waals surface area contributed by atoms with Gasteiger partial charge in [-0.05, 0) is 24.5 Å². The predicted octanol–water partition coefficient (Wildman–Crippen LogP) is 0.986. The molecule has 0 aliphatic carbocycles. The lowest BCUT2D eigenvalue weighted by Gasteiger charge is -2.17. The Labute approximate surface area is 77.7 Å². The molecule has 1 aromatic heterocycles. The van der Waals surface area contributed by atoms with E-state index in [1.54, 1.807) is 0 Å². The number of nitrogens with zero attached hydrogens (tertiary/aromatic N) is 1. The van der Waals surface area contributed by atoms with Crippen LogP contribution in [0.4, 0.5) is 11.5 Å². The molecule has 0 aromatic carbocycles. The van der Waals surface area contributed by atoms with E-state index < -0.39 is 0 Å². The lowest BCUT2D eigenvalue weighted by molar-refractivity contribution is 0.816. The first kappa shape index (κ1) is 8.31. The van der Waals surface area contributed by atoms with E-state index in [0.29, 0.717) is 0 Å². The highest BCUT2D eigenvalue weighted by atomic mass is 15.3. The summed E-state index contributed by atoms with van der Waals surface area (Å²) < 4.78 is 0. The van der Waals surface area contributed by atoms with Crippen LogP contribution in [0.2, 0.25) is 0 Å². The minimum absolute atomic E-state index is 1.02. The molecule has 3 N–H and O–H groups in total. The lowest BCUT2D eigenvalue weighted by atomic mass is 10.1. The molecule has 0 unspecified atom stereocenters. The van der Waals surface area contributed by atoms with Crippen molar-refractivity contribution >= 4 is 11.5 Å². The van der Waals surface area contributed by atoms with Crippen molar-refractivity contribution in [2.24, 2.45) is 0 Å². The van der Waals surface area contributed by atoms with Gasteiger partial charge in [-0.2, -0.15) is 0 Å². The molecule has 0 bridgehead atoms. The van der Waals surface area contributed by atoms with Gasteiger partial charge < -0.3 is 10.7 Å². The van der Waals surface area contributed by atoms with Crippen molar-refractivity contribution in [2.45, 2.75) is 12.8 Å². The molecule has 13 heavy (non-hydrogen) atoms. The van der Waals surface area contributed by atoms with E-state index in [9.17, 15) is 0 Å². The zero-order chi connectivity index (χ0) is 9.10. The van der Waals surface area contributed by atoms with Crippen LogP contribution in [-0.2, 0) is 6.42 Å². The Morgan fingerprint density at radius 3 is 3.31 bits per heavy atom. The average molecular weight is 178 g/mol. The summed E-state index contributed by atoms with van der Waals surface area (Å²) in [5, 5.41) is 3.27. The second-order valence-electron chi connectivity index (χ2n) is 3.14. The van der Waals surface area contributed by atoms with Crippen molar-refractivity contribution in [1.29, 1.82) is 0 Å². The molecule has 1 aromatic rings. The maximum absolute atomic E-state index is 4.32. The third-order valence-electron chi connectivity index (χ3n) is 2.15. The highest BCUT2D eigenvalue weighted by molar-refractivity contribution is 5.54. The van der Waals surface area contributed by atoms with E-state index in [-0.39, 0.29) is 0 Å². The van der Waals surface area contributed by atoms with Crippen LogP contribution < -0.4 is 16.2 Å². The zero-order valence-corrected chi connectivity index (χ0v) is 7.72. The minimum Gasteiger partial charge on any atom is -0.370 e. The van der Waals surface area contributed by atoms with Gasteiger partial charge >= 0.3 is 0 Å². The van der Waals surface area contributed by atoms with Crippen LogP contribution in [-0.4, -0.2) is 18.6 Å². The van der Waals surface area contributed by atoms with Gasteiger partial charge in [0.05, 0.1) is 11.9 Å². The molecular weight excluding hydrogens is 164 g/mol. The van der Waals surface area contributed by atoms with Gasteiger partial charge in [0, 0.05) is 13.6 Å². The van der Waals surface area contributed by atoms with Gasteiger partial charge in [-0.25, -0.2) is 10.4 Å².